The summed E-state index contributed by atoms with van der Waals surface area (Å²) < 4.78 is 0. The third-order valence-corrected chi connectivity index (χ3v) is 4.30. The van der Waals surface area contributed by atoms with Crippen LogP contribution in [0.4, 0.5) is 0 Å². The van der Waals surface area contributed by atoms with Crippen LogP contribution in [0, 0.1) is 13.8 Å². The number of hydrogen-bond donors (Lipinski definition) is 1. The molecule has 2 N–H and O–H groups in total. The summed E-state index contributed by atoms with van der Waals surface area (Å²) in [4.78, 5) is 23.8. The van der Waals surface area contributed by atoms with Crippen molar-refractivity contribution in [3.63, 3.8) is 0 Å². The zero-order valence-corrected chi connectivity index (χ0v) is 15.9. The Labute approximate surface area is 156 Å². The minimum absolute atomic E-state index is 0.157. The van der Waals surface area contributed by atoms with Crippen LogP contribution in [0.25, 0.3) is 0 Å². The molecule has 0 aliphatic rings. The van der Waals surface area contributed by atoms with E-state index in [0.717, 1.165) is 55.0 Å². The number of nitrogens with two attached hydrogens (primary N) is 1. The van der Waals surface area contributed by atoms with E-state index in [1.54, 1.807) is 0 Å². The Kier molecular flexibility index (Phi) is 8.22. The largest absolute Gasteiger partial charge is 0.331 e. The summed E-state index contributed by atoms with van der Waals surface area (Å²) in [6.45, 7) is 5.68. The first-order chi connectivity index (χ1) is 12.6. The molecule has 2 aromatic rings. The lowest BCUT2D eigenvalue weighted by Gasteiger charge is -2.22. The smallest absolute Gasteiger partial charge is 0.223 e. The molecule has 5 heteroatoms. The fraction of sp³-hybridized carbons (Fsp3) is 0.476. The van der Waals surface area contributed by atoms with E-state index in [2.05, 4.69) is 9.97 Å². The molecule has 0 fully saturated rings. The molecule has 2 heterocycles. The predicted molar refractivity (Wildman–Crippen MR) is 104 cm³/mol. The van der Waals surface area contributed by atoms with Crippen LogP contribution in [0.1, 0.15) is 54.9 Å². The van der Waals surface area contributed by atoms with Crippen molar-refractivity contribution in [2.45, 2.75) is 59.0 Å². The number of carbonyl (C=O) groups excluding carboxylic acids is 1. The zero-order chi connectivity index (χ0) is 18.8. The van der Waals surface area contributed by atoms with E-state index in [1.165, 1.54) is 0 Å². The molecule has 1 amide bonds. The SMILES string of the molecule is Cc1cccc(CN(Cc2cccc(C)n2)C(=O)CCCCCCN)n1. The van der Waals surface area contributed by atoms with Gasteiger partial charge >= 0.3 is 0 Å². The highest BCUT2D eigenvalue weighted by Gasteiger charge is 2.16. The van der Waals surface area contributed by atoms with E-state index >= 15 is 0 Å². The second kappa shape index (κ2) is 10.7. The van der Waals surface area contributed by atoms with Gasteiger partial charge in [-0.3, -0.25) is 14.8 Å². The molecule has 0 bridgehead atoms. The number of carbonyl (C=O) groups is 1. The van der Waals surface area contributed by atoms with Crippen molar-refractivity contribution >= 4 is 5.91 Å². The minimum Gasteiger partial charge on any atom is -0.331 e. The van der Waals surface area contributed by atoms with Crippen molar-refractivity contribution in [3.8, 4) is 0 Å². The molecular weight excluding hydrogens is 324 g/mol. The molecule has 26 heavy (non-hydrogen) atoms. The molecule has 5 nitrogen and oxygen atoms in total. The molecule has 0 saturated carbocycles. The van der Waals surface area contributed by atoms with Crippen LogP contribution in [-0.2, 0) is 17.9 Å². The molecule has 140 valence electrons. The number of hydrogen-bond acceptors (Lipinski definition) is 4. The Morgan fingerprint density at radius 2 is 1.42 bits per heavy atom. The van der Waals surface area contributed by atoms with Gasteiger partial charge in [-0.2, -0.15) is 0 Å². The van der Waals surface area contributed by atoms with Gasteiger partial charge in [-0.25, -0.2) is 0 Å². The maximum absolute atomic E-state index is 12.8. The van der Waals surface area contributed by atoms with E-state index < -0.39 is 0 Å². The van der Waals surface area contributed by atoms with Crippen molar-refractivity contribution in [1.29, 1.82) is 0 Å². The molecule has 0 unspecified atom stereocenters. The van der Waals surface area contributed by atoms with Crippen molar-refractivity contribution < 1.29 is 4.79 Å². The highest BCUT2D eigenvalue weighted by atomic mass is 16.2. The van der Waals surface area contributed by atoms with Gasteiger partial charge in [0, 0.05) is 17.8 Å². The van der Waals surface area contributed by atoms with E-state index in [9.17, 15) is 4.79 Å². The molecule has 2 rings (SSSR count). The minimum atomic E-state index is 0.157. The average Bonchev–Trinajstić information content (AvgIpc) is 2.61. The summed E-state index contributed by atoms with van der Waals surface area (Å²) in [5.41, 5.74) is 9.28. The number of aromatic nitrogens is 2. The maximum Gasteiger partial charge on any atom is 0.223 e. The number of aryl methyl sites for hydroxylation is 2. The van der Waals surface area contributed by atoms with Crippen molar-refractivity contribution in [2.24, 2.45) is 5.73 Å². The van der Waals surface area contributed by atoms with Crippen LogP contribution in [0.15, 0.2) is 36.4 Å². The van der Waals surface area contributed by atoms with E-state index in [-0.39, 0.29) is 5.91 Å². The van der Waals surface area contributed by atoms with Gasteiger partial charge in [0.05, 0.1) is 24.5 Å². The van der Waals surface area contributed by atoms with Gasteiger partial charge in [-0.05, 0) is 57.5 Å². The van der Waals surface area contributed by atoms with Crippen LogP contribution in [0.5, 0.6) is 0 Å². The summed E-state index contributed by atoms with van der Waals surface area (Å²) in [6, 6.07) is 11.8. The molecule has 0 saturated heterocycles. The molecule has 0 aliphatic heterocycles. The lowest BCUT2D eigenvalue weighted by atomic mass is 10.1. The molecule has 0 aromatic carbocycles. The third kappa shape index (κ3) is 6.92. The fourth-order valence-corrected chi connectivity index (χ4v) is 2.93. The molecule has 0 radical (unpaired) electrons. The Balaban J connectivity index is 2.03. The Morgan fingerprint density at radius 1 is 0.885 bits per heavy atom. The predicted octanol–water partition coefficient (Wildman–Crippen LogP) is 3.53. The van der Waals surface area contributed by atoms with Crippen LogP contribution in [-0.4, -0.2) is 27.3 Å². The summed E-state index contributed by atoms with van der Waals surface area (Å²) in [7, 11) is 0. The van der Waals surface area contributed by atoms with Gasteiger partial charge in [0.1, 0.15) is 0 Å². The van der Waals surface area contributed by atoms with Crippen molar-refractivity contribution in [2.75, 3.05) is 6.54 Å². The number of pyridine rings is 2. The normalized spacial score (nSPS) is 10.7. The first-order valence-corrected chi connectivity index (χ1v) is 9.41. The first-order valence-electron chi connectivity index (χ1n) is 9.41. The average molecular weight is 354 g/mol. The first kappa shape index (κ1) is 20.0. The van der Waals surface area contributed by atoms with Crippen LogP contribution in [0.3, 0.4) is 0 Å². The molecule has 0 aliphatic carbocycles. The lowest BCUT2D eigenvalue weighted by molar-refractivity contribution is -0.132. The van der Waals surface area contributed by atoms with Gasteiger partial charge in [-0.1, -0.05) is 25.0 Å². The number of unbranched alkanes of at least 4 members (excludes halogenated alkanes) is 3. The third-order valence-electron chi connectivity index (χ3n) is 4.30. The highest BCUT2D eigenvalue weighted by molar-refractivity contribution is 5.76. The number of nitrogens with zero attached hydrogens (tertiary/aromatic N) is 3. The van der Waals surface area contributed by atoms with Gasteiger partial charge in [0.2, 0.25) is 5.91 Å². The Morgan fingerprint density at radius 3 is 1.92 bits per heavy atom. The summed E-state index contributed by atoms with van der Waals surface area (Å²) >= 11 is 0. The van der Waals surface area contributed by atoms with Crippen LogP contribution >= 0.6 is 0 Å². The molecule has 0 atom stereocenters. The maximum atomic E-state index is 12.8. The summed E-state index contributed by atoms with van der Waals surface area (Å²) in [6.07, 6.45) is 4.61. The second-order valence-corrected chi connectivity index (χ2v) is 6.74. The van der Waals surface area contributed by atoms with E-state index in [0.29, 0.717) is 19.5 Å². The molecular formula is C21H30N4O. The topological polar surface area (TPSA) is 72.1 Å². The standard InChI is InChI=1S/C21H30N4O/c1-17-9-7-11-19(23-17)15-25(16-20-12-8-10-18(2)24-20)21(26)13-5-3-4-6-14-22/h7-12H,3-6,13-16,22H2,1-2H3. The van der Waals surface area contributed by atoms with Crippen molar-refractivity contribution in [3.05, 3.63) is 59.2 Å². The monoisotopic (exact) mass is 354 g/mol. The van der Waals surface area contributed by atoms with E-state index in [1.807, 2.05) is 55.1 Å². The van der Waals surface area contributed by atoms with Crippen molar-refractivity contribution in [1.82, 2.24) is 14.9 Å². The number of amides is 1. The van der Waals surface area contributed by atoms with Gasteiger partial charge in [0.25, 0.3) is 0 Å². The van der Waals surface area contributed by atoms with Crippen LogP contribution < -0.4 is 5.73 Å². The van der Waals surface area contributed by atoms with Gasteiger partial charge < -0.3 is 10.6 Å². The zero-order valence-electron chi connectivity index (χ0n) is 15.9. The highest BCUT2D eigenvalue weighted by Crippen LogP contribution is 2.12. The molecule has 0 spiro atoms. The van der Waals surface area contributed by atoms with Gasteiger partial charge in [-0.15, -0.1) is 0 Å². The van der Waals surface area contributed by atoms with E-state index in [4.69, 9.17) is 5.73 Å². The Hall–Kier alpha value is -2.27. The lowest BCUT2D eigenvalue weighted by Crippen LogP contribution is -2.30. The summed E-state index contributed by atoms with van der Waals surface area (Å²) in [5.74, 6) is 0.157. The van der Waals surface area contributed by atoms with Crippen LogP contribution in [0.2, 0.25) is 0 Å². The quantitative estimate of drug-likeness (QED) is 0.663. The number of rotatable bonds is 10. The summed E-state index contributed by atoms with van der Waals surface area (Å²) in [5, 5.41) is 0. The van der Waals surface area contributed by atoms with Gasteiger partial charge in [0.15, 0.2) is 0 Å². The molecule has 2 aromatic heterocycles. The Bertz CT molecular complexity index is 654. The second-order valence-electron chi connectivity index (χ2n) is 6.74. The fourth-order valence-electron chi connectivity index (χ4n) is 2.93.